The smallest absolute Gasteiger partial charge is 0.0643 e. The van der Waals surface area contributed by atoms with Gasteiger partial charge < -0.3 is 0 Å². The highest BCUT2D eigenvalue weighted by molar-refractivity contribution is 6.75. The Morgan fingerprint density at radius 2 is 1.00 bits per heavy atom. The highest BCUT2D eigenvalue weighted by Crippen LogP contribution is 0.619. The molecule has 0 aromatic carbocycles. The van der Waals surface area contributed by atoms with Gasteiger partial charge in [0.25, 0.3) is 0 Å². The minimum absolute atomic E-state index is 2.00. The standard InChI is InChI=1S/B2H4.H4N2/c2*1-2/h2*1-2H2. The molecular weight excluding hydrogens is 49.6 g/mol. The van der Waals surface area contributed by atoms with Crippen LogP contribution in [0.2, 0.25) is 0 Å². The Morgan fingerprint density at radius 1 is 1.00 bits per heavy atom. The van der Waals surface area contributed by atoms with Crippen LogP contribution in [0.4, 0.5) is 0 Å². The molecule has 0 bridgehead atoms. The van der Waals surface area contributed by atoms with Crippen molar-refractivity contribution in [3.8, 4) is 0 Å². The molecule has 0 heterocycles. The highest BCUT2D eigenvalue weighted by atomic mass is 15.0. The zero-order valence-electron chi connectivity index (χ0n) is 3.15. The summed E-state index contributed by atoms with van der Waals surface area (Å²) in [5, 5.41) is 0. The molecule has 0 unspecified atom stereocenters. The van der Waals surface area contributed by atoms with E-state index in [1.54, 1.807) is 0 Å². The average molecular weight is 57.7 g/mol. The third-order valence-corrected chi connectivity index (χ3v) is 0. The SMILES string of the molecule is BB.NN. The number of hydrogen-bond acceptors (Lipinski definition) is 2. The fourth-order valence-electron chi connectivity index (χ4n) is 0. The van der Waals surface area contributed by atoms with E-state index in [0.29, 0.717) is 0 Å². The molecule has 4 heteroatoms. The molecule has 24 valence electrons. The average Bonchev–Trinajstić information content (AvgIpc) is 1.50. The fraction of sp³-hybridized carbons (Fsp3) is 0. The highest BCUT2D eigenvalue weighted by Gasteiger charge is 1.06. The van der Waals surface area contributed by atoms with Crippen molar-refractivity contribution in [2.24, 2.45) is 11.7 Å². The van der Waals surface area contributed by atoms with Crippen molar-refractivity contribution in [3.63, 3.8) is 0 Å². The van der Waals surface area contributed by atoms with Gasteiger partial charge in [0.1, 0.15) is 0 Å². The van der Waals surface area contributed by atoms with Crippen LogP contribution in [0, 0.1) is 0 Å². The monoisotopic (exact) mass is 58.1 g/mol. The van der Waals surface area contributed by atoms with E-state index in [1.807, 2.05) is 15.5 Å². The Bertz CT molecular complexity index is 4.00. The molecular formula is H8B2N2. The van der Waals surface area contributed by atoms with Gasteiger partial charge >= 0.3 is 0 Å². The van der Waals surface area contributed by atoms with Gasteiger partial charge in [0.2, 0.25) is 0 Å². The summed E-state index contributed by atoms with van der Waals surface area (Å²) in [6.07, 6.45) is 0. The van der Waals surface area contributed by atoms with Gasteiger partial charge in [-0.05, 0) is 0 Å². The number of rotatable bonds is 0. The fourth-order valence-corrected chi connectivity index (χ4v) is 0. The molecule has 0 aromatic heterocycles. The predicted molar refractivity (Wildman–Crippen MR) is 25.5 cm³/mol. The Kier molecular flexibility index (Phi) is 11500. The molecule has 0 fully saturated rings. The first-order valence-electron chi connectivity index (χ1n) is 1.33. The molecule has 0 aliphatic carbocycles. The molecule has 0 saturated carbocycles. The van der Waals surface area contributed by atoms with Gasteiger partial charge in [-0.15, -0.1) is 0 Å². The van der Waals surface area contributed by atoms with Crippen molar-refractivity contribution in [1.82, 2.24) is 0 Å². The van der Waals surface area contributed by atoms with Crippen LogP contribution < -0.4 is 11.7 Å². The summed E-state index contributed by atoms with van der Waals surface area (Å²) in [6.45, 7) is 0. The van der Waals surface area contributed by atoms with E-state index in [1.165, 1.54) is 0 Å². The van der Waals surface area contributed by atoms with E-state index in [-0.39, 0.29) is 0 Å². The quantitative estimate of drug-likeness (QED) is 0.177. The summed E-state index contributed by atoms with van der Waals surface area (Å²) in [7, 11) is 4.00. The van der Waals surface area contributed by atoms with Crippen LogP contribution in [0.3, 0.4) is 0 Å². The van der Waals surface area contributed by atoms with E-state index < -0.39 is 0 Å². The van der Waals surface area contributed by atoms with E-state index in [0.717, 1.165) is 0 Å². The first kappa shape index (κ1) is 8.97. The van der Waals surface area contributed by atoms with Gasteiger partial charge in [-0.1, -0.05) is 0 Å². The Labute approximate surface area is 28.3 Å². The molecule has 2 nitrogen and oxygen atoms in total. The molecule has 0 atom stereocenters. The topological polar surface area (TPSA) is 52.0 Å². The van der Waals surface area contributed by atoms with Crippen molar-refractivity contribution in [2.75, 3.05) is 0 Å². The van der Waals surface area contributed by atoms with E-state index in [2.05, 4.69) is 11.7 Å². The van der Waals surface area contributed by atoms with Crippen molar-refractivity contribution in [3.05, 3.63) is 0 Å². The van der Waals surface area contributed by atoms with Crippen molar-refractivity contribution < 1.29 is 0 Å². The maximum Gasteiger partial charge on any atom is 0.0643 e. The molecule has 0 aromatic rings. The van der Waals surface area contributed by atoms with Gasteiger partial charge in [0.05, 0.1) is 15.5 Å². The predicted octanol–water partition coefficient (Wildman–Crippen LogP) is -3.01. The third-order valence-electron chi connectivity index (χ3n) is 0. The molecule has 0 aliphatic heterocycles. The van der Waals surface area contributed by atoms with Crippen LogP contribution in [0.1, 0.15) is 0 Å². The largest absolute Gasteiger partial charge is 0.274 e. The Morgan fingerprint density at radius 3 is 1.00 bits per heavy atom. The summed E-state index contributed by atoms with van der Waals surface area (Å²) in [5.41, 5.74) is 0. The molecule has 0 saturated heterocycles. The summed E-state index contributed by atoms with van der Waals surface area (Å²) >= 11 is 0. The van der Waals surface area contributed by atoms with Crippen molar-refractivity contribution in [2.45, 2.75) is 0 Å². The first-order chi connectivity index (χ1) is 2.00. The number of nitrogens with two attached hydrogens (primary N) is 2. The lowest BCUT2D eigenvalue weighted by Gasteiger charge is -1.27. The molecule has 0 rings (SSSR count). The van der Waals surface area contributed by atoms with Crippen LogP contribution in [0.25, 0.3) is 0 Å². The minimum atomic E-state index is 2.00. The second kappa shape index (κ2) is 5150. The van der Waals surface area contributed by atoms with Gasteiger partial charge in [-0.25, -0.2) is 0 Å². The summed E-state index contributed by atoms with van der Waals surface area (Å²) in [6, 6.07) is 0. The lowest BCUT2D eigenvalue weighted by molar-refractivity contribution is 1.26. The molecule has 0 spiro atoms. The second-order valence-corrected chi connectivity index (χ2v) is 0. The van der Waals surface area contributed by atoms with Crippen molar-refractivity contribution >= 4 is 15.5 Å². The molecule has 0 aliphatic rings. The molecule has 0 radical (unpaired) electrons. The zero-order chi connectivity index (χ0) is 4.00. The minimum Gasteiger partial charge on any atom is -0.274 e. The molecule has 4 N–H and O–H groups in total. The van der Waals surface area contributed by atoms with E-state index in [9.17, 15) is 0 Å². The van der Waals surface area contributed by atoms with Gasteiger partial charge in [0, 0.05) is 0 Å². The van der Waals surface area contributed by atoms with Crippen LogP contribution in [-0.4, -0.2) is 15.5 Å². The van der Waals surface area contributed by atoms with Crippen LogP contribution in [0.5, 0.6) is 0 Å². The van der Waals surface area contributed by atoms with Gasteiger partial charge in [-0.3, -0.25) is 11.7 Å². The van der Waals surface area contributed by atoms with Crippen LogP contribution >= 0.6 is 0 Å². The summed E-state index contributed by atoms with van der Waals surface area (Å²) in [5.74, 6) is 8.00. The van der Waals surface area contributed by atoms with Crippen LogP contribution in [0.15, 0.2) is 0 Å². The maximum atomic E-state index is 4.00. The Balaban J connectivity index is 0. The Hall–Kier alpha value is 0.0499. The molecule has 4 heavy (non-hydrogen) atoms. The first-order valence-corrected chi connectivity index (χ1v) is 1.33. The van der Waals surface area contributed by atoms with E-state index >= 15 is 0 Å². The normalized spacial score (nSPS) is 2.50. The lowest BCUT2D eigenvalue weighted by atomic mass is 9.81. The summed E-state index contributed by atoms with van der Waals surface area (Å²) in [4.78, 5) is 0. The van der Waals surface area contributed by atoms with Crippen molar-refractivity contribution in [1.29, 1.82) is 0 Å². The lowest BCUT2D eigenvalue weighted by Crippen LogP contribution is -2.02. The van der Waals surface area contributed by atoms with Crippen LogP contribution in [-0.2, 0) is 0 Å². The van der Waals surface area contributed by atoms with E-state index in [4.69, 9.17) is 0 Å². The molecule has 0 amide bonds. The second-order valence-electron chi connectivity index (χ2n) is 0. The summed E-state index contributed by atoms with van der Waals surface area (Å²) < 4.78 is 0. The maximum absolute atomic E-state index is 4.00. The number of hydrogen-bond donors (Lipinski definition) is 2. The zero-order valence-corrected chi connectivity index (χ0v) is 3.15. The number of hydrazine groups is 1. The van der Waals surface area contributed by atoms with Gasteiger partial charge in [0.15, 0.2) is 0 Å². The van der Waals surface area contributed by atoms with Gasteiger partial charge in [-0.2, -0.15) is 0 Å². The third kappa shape index (κ3) is 908.